The lowest BCUT2D eigenvalue weighted by atomic mass is 10.1. The number of carboxylic acid groups (broad SMARTS) is 2. The molecule has 8 heteroatoms. The Hall–Kier alpha value is -1.83. The Morgan fingerprint density at radius 2 is 1.89 bits per heavy atom. The number of hydrogen-bond acceptors (Lipinski definition) is 4. The molecule has 1 saturated heterocycles. The number of carbonyl (C=O) groups is 3. The second-order valence-corrected chi connectivity index (χ2v) is 4.53. The van der Waals surface area contributed by atoms with E-state index in [1.165, 1.54) is 4.90 Å². The van der Waals surface area contributed by atoms with Gasteiger partial charge in [-0.3, -0.25) is 4.79 Å². The van der Waals surface area contributed by atoms with Crippen molar-refractivity contribution in [1.29, 1.82) is 0 Å². The van der Waals surface area contributed by atoms with Gasteiger partial charge in [-0.25, -0.2) is 9.59 Å². The Bertz CT molecular complexity index is 354. The van der Waals surface area contributed by atoms with Crippen LogP contribution in [0.25, 0.3) is 0 Å². The quantitative estimate of drug-likeness (QED) is 0.526. The van der Waals surface area contributed by atoms with E-state index < -0.39 is 30.4 Å². The highest BCUT2D eigenvalue weighted by molar-refractivity contribution is 5.86. The first-order valence-corrected chi connectivity index (χ1v) is 6.10. The maximum atomic E-state index is 11.9. The first-order chi connectivity index (χ1) is 8.91. The van der Waals surface area contributed by atoms with Crippen molar-refractivity contribution < 1.29 is 24.6 Å². The minimum Gasteiger partial charge on any atom is -0.481 e. The number of amides is 2. The Balaban J connectivity index is 2.55. The maximum Gasteiger partial charge on any atom is 0.326 e. The molecular weight excluding hydrogens is 254 g/mol. The molecule has 0 spiro atoms. The minimum absolute atomic E-state index is 0.0422. The van der Waals surface area contributed by atoms with E-state index in [0.29, 0.717) is 0 Å². The van der Waals surface area contributed by atoms with Gasteiger partial charge in [-0.05, 0) is 25.9 Å². The molecule has 1 aliphatic heterocycles. The molecule has 108 valence electrons. The molecular formula is C11H19N3O5. The van der Waals surface area contributed by atoms with Crippen LogP contribution in [-0.4, -0.2) is 65.3 Å². The summed E-state index contributed by atoms with van der Waals surface area (Å²) in [5.74, 6) is -2.62. The second kappa shape index (κ2) is 6.93. The SMILES string of the molecule is CN(C(=O)N[C@@H](CC(=O)O)C(=O)O)C1CCNCC1. The van der Waals surface area contributed by atoms with Crippen molar-refractivity contribution >= 4 is 18.0 Å². The Morgan fingerprint density at radius 3 is 2.37 bits per heavy atom. The number of carboxylic acids is 2. The van der Waals surface area contributed by atoms with Gasteiger partial charge in [0.1, 0.15) is 6.04 Å². The number of aliphatic carboxylic acids is 2. The zero-order chi connectivity index (χ0) is 14.4. The molecule has 19 heavy (non-hydrogen) atoms. The van der Waals surface area contributed by atoms with E-state index in [4.69, 9.17) is 10.2 Å². The lowest BCUT2D eigenvalue weighted by Gasteiger charge is -2.32. The van der Waals surface area contributed by atoms with E-state index in [2.05, 4.69) is 10.6 Å². The van der Waals surface area contributed by atoms with E-state index in [9.17, 15) is 14.4 Å². The Labute approximate surface area is 110 Å². The van der Waals surface area contributed by atoms with Crippen molar-refractivity contribution in [3.63, 3.8) is 0 Å². The lowest BCUT2D eigenvalue weighted by Crippen LogP contribution is -2.52. The van der Waals surface area contributed by atoms with Crippen LogP contribution in [0, 0.1) is 0 Å². The zero-order valence-corrected chi connectivity index (χ0v) is 10.8. The molecule has 0 aromatic heterocycles. The number of hydrogen-bond donors (Lipinski definition) is 4. The van der Waals surface area contributed by atoms with Crippen LogP contribution in [0.5, 0.6) is 0 Å². The van der Waals surface area contributed by atoms with Gasteiger partial charge in [-0.15, -0.1) is 0 Å². The van der Waals surface area contributed by atoms with Crippen molar-refractivity contribution in [2.24, 2.45) is 0 Å². The average molecular weight is 273 g/mol. The predicted octanol–water partition coefficient (Wildman–Crippen LogP) is -0.692. The third-order valence-corrected chi connectivity index (χ3v) is 3.15. The first-order valence-electron chi connectivity index (χ1n) is 6.10. The molecule has 1 aliphatic rings. The molecule has 2 amide bonds. The van der Waals surface area contributed by atoms with Crippen molar-refractivity contribution in [3.8, 4) is 0 Å². The van der Waals surface area contributed by atoms with Crippen molar-refractivity contribution in [3.05, 3.63) is 0 Å². The number of carbonyl (C=O) groups excluding carboxylic acids is 1. The number of urea groups is 1. The predicted molar refractivity (Wildman–Crippen MR) is 65.9 cm³/mol. The normalized spacial score (nSPS) is 17.5. The van der Waals surface area contributed by atoms with Crippen molar-refractivity contribution in [2.45, 2.75) is 31.3 Å². The molecule has 1 atom stereocenters. The third kappa shape index (κ3) is 4.74. The summed E-state index contributed by atoms with van der Waals surface area (Å²) in [6, 6.07) is -1.92. The van der Waals surface area contributed by atoms with Gasteiger partial charge in [0.25, 0.3) is 0 Å². The van der Waals surface area contributed by atoms with Gasteiger partial charge in [0.2, 0.25) is 0 Å². The standard InChI is InChI=1S/C11H19N3O5/c1-14(7-2-4-12-5-3-7)11(19)13-8(10(17)18)6-9(15)16/h7-8,12H,2-6H2,1H3,(H,13,19)(H,15,16)(H,17,18)/t8-/m0/s1. The van der Waals surface area contributed by atoms with Gasteiger partial charge in [0.15, 0.2) is 0 Å². The largest absolute Gasteiger partial charge is 0.481 e. The fraction of sp³-hybridized carbons (Fsp3) is 0.727. The van der Waals surface area contributed by atoms with Gasteiger partial charge in [0.05, 0.1) is 6.42 Å². The summed E-state index contributed by atoms with van der Waals surface area (Å²) in [6.45, 7) is 1.61. The summed E-state index contributed by atoms with van der Waals surface area (Å²) in [6.07, 6.45) is 0.947. The van der Waals surface area contributed by atoms with Crippen LogP contribution in [0.2, 0.25) is 0 Å². The zero-order valence-electron chi connectivity index (χ0n) is 10.8. The smallest absolute Gasteiger partial charge is 0.326 e. The molecule has 4 N–H and O–H groups in total. The summed E-state index contributed by atoms with van der Waals surface area (Å²) in [5.41, 5.74) is 0. The number of nitrogens with zero attached hydrogens (tertiary/aromatic N) is 1. The minimum atomic E-state index is -1.41. The van der Waals surface area contributed by atoms with Crippen molar-refractivity contribution in [2.75, 3.05) is 20.1 Å². The first kappa shape index (κ1) is 15.2. The van der Waals surface area contributed by atoms with Gasteiger partial charge < -0.3 is 25.7 Å². The average Bonchev–Trinajstić information content (AvgIpc) is 2.37. The molecule has 1 rings (SSSR count). The van der Waals surface area contributed by atoms with Gasteiger partial charge in [-0.2, -0.15) is 0 Å². The van der Waals surface area contributed by atoms with Gasteiger partial charge in [0, 0.05) is 13.1 Å². The van der Waals surface area contributed by atoms with Crippen LogP contribution in [0.3, 0.4) is 0 Å². The summed E-state index contributed by atoms with van der Waals surface area (Å²) < 4.78 is 0. The lowest BCUT2D eigenvalue weighted by molar-refractivity contribution is -0.145. The monoisotopic (exact) mass is 273 g/mol. The topological polar surface area (TPSA) is 119 Å². The molecule has 0 bridgehead atoms. The Morgan fingerprint density at radius 1 is 1.32 bits per heavy atom. The highest BCUT2D eigenvalue weighted by atomic mass is 16.4. The van der Waals surface area contributed by atoms with E-state index in [1.54, 1.807) is 7.05 Å². The van der Waals surface area contributed by atoms with E-state index in [0.717, 1.165) is 25.9 Å². The van der Waals surface area contributed by atoms with Crippen LogP contribution >= 0.6 is 0 Å². The summed E-state index contributed by atoms with van der Waals surface area (Å²) in [5, 5.41) is 22.8. The second-order valence-electron chi connectivity index (χ2n) is 4.53. The van der Waals surface area contributed by atoms with E-state index in [1.807, 2.05) is 0 Å². The summed E-state index contributed by atoms with van der Waals surface area (Å²) in [4.78, 5) is 34.7. The van der Waals surface area contributed by atoms with E-state index >= 15 is 0 Å². The molecule has 0 unspecified atom stereocenters. The van der Waals surface area contributed by atoms with Crippen LogP contribution in [0.1, 0.15) is 19.3 Å². The summed E-state index contributed by atoms with van der Waals surface area (Å²) >= 11 is 0. The van der Waals surface area contributed by atoms with Gasteiger partial charge in [-0.1, -0.05) is 0 Å². The molecule has 1 heterocycles. The molecule has 0 aliphatic carbocycles. The number of rotatable bonds is 5. The Kier molecular flexibility index (Phi) is 5.56. The van der Waals surface area contributed by atoms with Crippen LogP contribution in [-0.2, 0) is 9.59 Å². The third-order valence-electron chi connectivity index (χ3n) is 3.15. The fourth-order valence-corrected chi connectivity index (χ4v) is 1.99. The summed E-state index contributed by atoms with van der Waals surface area (Å²) in [7, 11) is 1.59. The molecule has 0 aromatic carbocycles. The molecule has 8 nitrogen and oxygen atoms in total. The van der Waals surface area contributed by atoms with Crippen molar-refractivity contribution in [1.82, 2.24) is 15.5 Å². The fourth-order valence-electron chi connectivity index (χ4n) is 1.99. The van der Waals surface area contributed by atoms with Crippen LogP contribution < -0.4 is 10.6 Å². The molecule has 1 fully saturated rings. The molecule has 0 saturated carbocycles. The van der Waals surface area contributed by atoms with E-state index in [-0.39, 0.29) is 6.04 Å². The van der Waals surface area contributed by atoms with Crippen LogP contribution in [0.4, 0.5) is 4.79 Å². The maximum absolute atomic E-state index is 11.9. The van der Waals surface area contributed by atoms with Gasteiger partial charge >= 0.3 is 18.0 Å². The number of nitrogens with one attached hydrogen (secondary N) is 2. The molecule has 0 aromatic rings. The van der Waals surface area contributed by atoms with Crippen LogP contribution in [0.15, 0.2) is 0 Å². The number of piperidine rings is 1. The highest BCUT2D eigenvalue weighted by Gasteiger charge is 2.27. The highest BCUT2D eigenvalue weighted by Crippen LogP contribution is 2.10. The molecule has 0 radical (unpaired) electrons.